The number of hydrogen-bond acceptors (Lipinski definition) is 9. The van der Waals surface area contributed by atoms with Crippen LogP contribution in [0.2, 0.25) is 0 Å². The van der Waals surface area contributed by atoms with Gasteiger partial charge in [-0.15, -0.1) is 10.2 Å². The second-order valence-electron chi connectivity index (χ2n) is 11.5. The predicted octanol–water partition coefficient (Wildman–Crippen LogP) is 3.22. The molecule has 13 heteroatoms. The van der Waals surface area contributed by atoms with E-state index in [-0.39, 0.29) is 53.9 Å². The molecule has 0 radical (unpaired) electrons. The number of nitrogens with zero attached hydrogens (tertiary/aromatic N) is 4. The standard InChI is InChI=1S/C34H36N6O7/c1-39(24(20-42)12-13-30(35)44)34(46)32-21(19-41)7-6-10-29(32)47-14-5-4-11-31(45)40-17-23(18-40)26-15-22-16-27(37-38-33(22)36-26)25-8-2-3-9-28(25)43/h2-3,6-10,15-16,19-20,23-24,43H,4-5,11-14,17-18H2,1H3,(H2,35,44)(H,36,38). The smallest absolute Gasteiger partial charge is 0.258 e. The number of aldehydes is 2. The van der Waals surface area contributed by atoms with Gasteiger partial charge in [0.15, 0.2) is 11.9 Å². The number of aromatic nitrogens is 3. The molecule has 3 amide bonds. The number of nitrogens with two attached hydrogens (primary N) is 1. The van der Waals surface area contributed by atoms with Crippen LogP contribution in [0.4, 0.5) is 0 Å². The second-order valence-corrected chi connectivity index (χ2v) is 11.5. The molecular weight excluding hydrogens is 604 g/mol. The Hall–Kier alpha value is -5.59. The fourth-order valence-electron chi connectivity index (χ4n) is 5.56. The van der Waals surface area contributed by atoms with E-state index < -0.39 is 17.9 Å². The molecule has 0 bridgehead atoms. The van der Waals surface area contributed by atoms with Crippen LogP contribution in [0.1, 0.15) is 64.4 Å². The highest BCUT2D eigenvalue weighted by atomic mass is 16.5. The Morgan fingerprint density at radius 2 is 1.87 bits per heavy atom. The number of fused-ring (bicyclic) bond motifs is 1. The van der Waals surface area contributed by atoms with Crippen molar-refractivity contribution in [3.05, 3.63) is 71.4 Å². The van der Waals surface area contributed by atoms with Crippen LogP contribution >= 0.6 is 0 Å². The molecule has 0 spiro atoms. The molecule has 47 heavy (non-hydrogen) atoms. The van der Waals surface area contributed by atoms with Crippen LogP contribution in [0, 0.1) is 0 Å². The first-order valence-electron chi connectivity index (χ1n) is 15.3. The summed E-state index contributed by atoms with van der Waals surface area (Å²) in [7, 11) is 1.42. The van der Waals surface area contributed by atoms with Gasteiger partial charge in [-0.1, -0.05) is 24.3 Å². The van der Waals surface area contributed by atoms with Crippen LogP contribution in [-0.2, 0) is 14.4 Å². The third-order valence-electron chi connectivity index (χ3n) is 8.35. The predicted molar refractivity (Wildman–Crippen MR) is 172 cm³/mol. The molecule has 1 aliphatic rings. The zero-order chi connectivity index (χ0) is 33.5. The number of H-pyrrole nitrogens is 1. The number of aromatic hydroxyl groups is 1. The maximum atomic E-state index is 13.3. The summed E-state index contributed by atoms with van der Waals surface area (Å²) in [5.74, 6) is -0.666. The van der Waals surface area contributed by atoms with Crippen molar-refractivity contribution in [3.8, 4) is 22.8 Å². The van der Waals surface area contributed by atoms with E-state index >= 15 is 0 Å². The summed E-state index contributed by atoms with van der Waals surface area (Å²) in [6.45, 7) is 1.38. The van der Waals surface area contributed by atoms with Crippen LogP contribution in [0.3, 0.4) is 0 Å². The number of ether oxygens (including phenoxy) is 1. The number of unbranched alkanes of at least 4 members (excludes halogenated alkanes) is 1. The van der Waals surface area contributed by atoms with E-state index in [1.807, 2.05) is 18.2 Å². The highest BCUT2D eigenvalue weighted by Gasteiger charge is 2.32. The number of aromatic amines is 1. The number of nitrogens with one attached hydrogen (secondary N) is 1. The summed E-state index contributed by atoms with van der Waals surface area (Å²) in [6, 6.07) is 14.6. The lowest BCUT2D eigenvalue weighted by molar-refractivity contribution is -0.135. The van der Waals surface area contributed by atoms with E-state index in [2.05, 4.69) is 15.2 Å². The number of phenolic OH excluding ortho intramolecular Hbond substituents is 1. The highest BCUT2D eigenvalue weighted by Crippen LogP contribution is 2.32. The topological polar surface area (TPSA) is 189 Å². The fourth-order valence-corrected chi connectivity index (χ4v) is 5.56. The third-order valence-corrected chi connectivity index (χ3v) is 8.35. The van der Waals surface area contributed by atoms with Crippen molar-refractivity contribution >= 4 is 41.3 Å². The van der Waals surface area contributed by atoms with Crippen molar-refractivity contribution in [1.29, 1.82) is 0 Å². The van der Waals surface area contributed by atoms with Gasteiger partial charge in [-0.05, 0) is 49.6 Å². The molecule has 4 aromatic rings. The SMILES string of the molecule is CN(C(=O)c1c(C=O)cccc1OCCCCC(=O)N1CC(c2cc3cc(-c4ccccc4O)nnc3[nH]2)C1)C(C=O)CCC(N)=O. The number of carbonyl (C=O) groups excluding carboxylic acids is 5. The number of benzene rings is 2. The molecule has 2 aromatic heterocycles. The molecule has 1 fully saturated rings. The number of amides is 3. The van der Waals surface area contributed by atoms with E-state index in [9.17, 15) is 29.1 Å². The van der Waals surface area contributed by atoms with Gasteiger partial charge in [0, 0.05) is 61.1 Å². The Morgan fingerprint density at radius 1 is 1.09 bits per heavy atom. The van der Waals surface area contributed by atoms with Gasteiger partial charge in [-0.25, -0.2) is 0 Å². The number of primary amides is 1. The quantitative estimate of drug-likeness (QED) is 0.129. The maximum absolute atomic E-state index is 13.3. The molecule has 4 N–H and O–H groups in total. The van der Waals surface area contributed by atoms with Crippen molar-refractivity contribution in [2.45, 2.75) is 44.1 Å². The number of likely N-dealkylation sites (N-methyl/N-ethyl adjacent to an activating group) is 1. The number of likely N-dealkylation sites (tertiary alicyclic amines) is 1. The van der Waals surface area contributed by atoms with Crippen molar-refractivity contribution in [2.24, 2.45) is 5.73 Å². The van der Waals surface area contributed by atoms with Crippen molar-refractivity contribution in [2.75, 3.05) is 26.7 Å². The Morgan fingerprint density at radius 3 is 2.60 bits per heavy atom. The van der Waals surface area contributed by atoms with Gasteiger partial charge in [0.25, 0.3) is 5.91 Å². The number of para-hydroxylation sites is 1. The molecule has 0 aliphatic carbocycles. The fraction of sp³-hybridized carbons (Fsp3) is 0.324. The lowest BCUT2D eigenvalue weighted by Gasteiger charge is -2.39. The Kier molecular flexibility index (Phi) is 10.2. The van der Waals surface area contributed by atoms with E-state index in [1.165, 1.54) is 18.0 Å². The van der Waals surface area contributed by atoms with Crippen LogP contribution in [0.15, 0.2) is 54.6 Å². The summed E-state index contributed by atoms with van der Waals surface area (Å²) in [5.41, 5.74) is 8.12. The lowest BCUT2D eigenvalue weighted by Crippen LogP contribution is -2.48. The zero-order valence-corrected chi connectivity index (χ0v) is 25.9. The van der Waals surface area contributed by atoms with Crippen LogP contribution in [0.25, 0.3) is 22.3 Å². The average molecular weight is 641 g/mol. The molecule has 2 aromatic carbocycles. The van der Waals surface area contributed by atoms with Crippen LogP contribution in [0.5, 0.6) is 11.5 Å². The second kappa shape index (κ2) is 14.7. The van der Waals surface area contributed by atoms with Gasteiger partial charge in [0.1, 0.15) is 17.8 Å². The normalized spacial score (nSPS) is 13.5. The molecule has 5 rings (SSSR count). The molecule has 0 saturated carbocycles. The van der Waals surface area contributed by atoms with E-state index in [0.29, 0.717) is 61.8 Å². The Balaban J connectivity index is 1.10. The van der Waals surface area contributed by atoms with Crippen molar-refractivity contribution in [1.82, 2.24) is 25.0 Å². The van der Waals surface area contributed by atoms with Crippen molar-refractivity contribution in [3.63, 3.8) is 0 Å². The summed E-state index contributed by atoms with van der Waals surface area (Å²) in [5, 5.41) is 19.5. The Bertz CT molecular complexity index is 1800. The van der Waals surface area contributed by atoms with Gasteiger partial charge in [-0.2, -0.15) is 0 Å². The van der Waals surface area contributed by atoms with Gasteiger partial charge in [-0.3, -0.25) is 19.2 Å². The lowest BCUT2D eigenvalue weighted by atomic mass is 9.95. The van der Waals surface area contributed by atoms with Crippen LogP contribution < -0.4 is 10.5 Å². The van der Waals surface area contributed by atoms with E-state index in [0.717, 1.165) is 11.1 Å². The van der Waals surface area contributed by atoms with Crippen molar-refractivity contribution < 1.29 is 33.8 Å². The first-order valence-corrected chi connectivity index (χ1v) is 15.3. The van der Waals surface area contributed by atoms with E-state index in [4.69, 9.17) is 10.5 Å². The average Bonchev–Trinajstić information content (AvgIpc) is 3.46. The third kappa shape index (κ3) is 7.46. The summed E-state index contributed by atoms with van der Waals surface area (Å²) < 4.78 is 5.87. The number of carbonyl (C=O) groups is 5. The monoisotopic (exact) mass is 640 g/mol. The van der Waals surface area contributed by atoms with Gasteiger partial charge in [0.05, 0.1) is 23.9 Å². The molecule has 1 unspecified atom stereocenters. The summed E-state index contributed by atoms with van der Waals surface area (Å²) in [6.07, 6.45) is 2.53. The minimum Gasteiger partial charge on any atom is -0.507 e. The molecule has 13 nitrogen and oxygen atoms in total. The van der Waals surface area contributed by atoms with Gasteiger partial charge in [0.2, 0.25) is 11.8 Å². The van der Waals surface area contributed by atoms with Crippen LogP contribution in [-0.4, -0.2) is 93.2 Å². The molecule has 3 heterocycles. The summed E-state index contributed by atoms with van der Waals surface area (Å²) in [4.78, 5) is 66.9. The van der Waals surface area contributed by atoms with Gasteiger partial charge >= 0.3 is 0 Å². The largest absolute Gasteiger partial charge is 0.507 e. The molecule has 1 aliphatic heterocycles. The van der Waals surface area contributed by atoms with E-state index in [1.54, 1.807) is 35.2 Å². The molecule has 1 atom stereocenters. The number of hydrogen-bond donors (Lipinski definition) is 3. The number of rotatable bonds is 15. The molecule has 1 saturated heterocycles. The molecule has 244 valence electrons. The zero-order valence-electron chi connectivity index (χ0n) is 25.9. The first-order chi connectivity index (χ1) is 22.7. The highest BCUT2D eigenvalue weighted by molar-refractivity contribution is 6.04. The Labute approximate surface area is 270 Å². The minimum atomic E-state index is -0.901. The minimum absolute atomic E-state index is 0.0241. The maximum Gasteiger partial charge on any atom is 0.258 e. The first kappa shape index (κ1) is 32.8. The number of phenols is 1. The molecular formula is C34H36N6O7. The summed E-state index contributed by atoms with van der Waals surface area (Å²) >= 11 is 0. The van der Waals surface area contributed by atoms with Gasteiger partial charge < -0.3 is 35.2 Å².